The van der Waals surface area contributed by atoms with E-state index < -0.39 is 0 Å². The first-order valence-electron chi connectivity index (χ1n) is 6.50. The van der Waals surface area contributed by atoms with Gasteiger partial charge in [0, 0.05) is 22.7 Å². The summed E-state index contributed by atoms with van der Waals surface area (Å²) in [6.45, 7) is 4.12. The largest absolute Gasteiger partial charge is 0.389 e. The van der Waals surface area contributed by atoms with E-state index in [0.29, 0.717) is 4.99 Å². The predicted molar refractivity (Wildman–Crippen MR) is 90.4 cm³/mol. The maximum atomic E-state index is 5.87. The lowest BCUT2D eigenvalue weighted by molar-refractivity contribution is 0.405. The Hall–Kier alpha value is -0.780. The van der Waals surface area contributed by atoms with Crippen LogP contribution >= 0.6 is 24.0 Å². The molecular formula is C14H23N3S2. The van der Waals surface area contributed by atoms with E-state index in [-0.39, 0.29) is 0 Å². The first-order valence-corrected chi connectivity index (χ1v) is 7.89. The van der Waals surface area contributed by atoms with Gasteiger partial charge in [0.25, 0.3) is 0 Å². The summed E-state index contributed by atoms with van der Waals surface area (Å²) < 4.78 is 0. The maximum Gasteiger partial charge on any atom is 0.107 e. The van der Waals surface area contributed by atoms with Crippen molar-refractivity contribution >= 4 is 34.7 Å². The van der Waals surface area contributed by atoms with Crippen LogP contribution in [0.15, 0.2) is 23.1 Å². The number of benzene rings is 1. The third-order valence-corrected chi connectivity index (χ3v) is 3.81. The van der Waals surface area contributed by atoms with E-state index in [1.807, 2.05) is 12.1 Å². The SMILES string of the molecule is CCSc1cccc(NCCCN(C)C)c1C(N)=S. The van der Waals surface area contributed by atoms with Crippen LogP contribution in [-0.2, 0) is 0 Å². The molecule has 5 heteroatoms. The topological polar surface area (TPSA) is 41.3 Å². The Morgan fingerprint density at radius 3 is 2.74 bits per heavy atom. The van der Waals surface area contributed by atoms with Crippen LogP contribution in [0.5, 0.6) is 0 Å². The predicted octanol–water partition coefficient (Wildman–Crippen LogP) is 2.80. The molecule has 0 aliphatic rings. The standard InChI is InChI=1S/C14H23N3S2/c1-4-19-12-8-5-7-11(13(12)14(15)18)16-9-6-10-17(2)3/h5,7-8,16H,4,6,9-10H2,1-3H3,(H2,15,18). The van der Waals surface area contributed by atoms with Gasteiger partial charge in [0.05, 0.1) is 0 Å². The third-order valence-electron chi connectivity index (χ3n) is 2.67. The summed E-state index contributed by atoms with van der Waals surface area (Å²) in [5.74, 6) is 1.01. The highest BCUT2D eigenvalue weighted by atomic mass is 32.2. The highest BCUT2D eigenvalue weighted by Crippen LogP contribution is 2.28. The minimum atomic E-state index is 0.464. The fraction of sp³-hybridized carbons (Fsp3) is 0.500. The molecular weight excluding hydrogens is 274 g/mol. The Balaban J connectivity index is 2.76. The lowest BCUT2D eigenvalue weighted by Crippen LogP contribution is -2.18. The highest BCUT2D eigenvalue weighted by molar-refractivity contribution is 7.99. The molecule has 1 rings (SSSR count). The number of nitrogens with zero attached hydrogens (tertiary/aromatic N) is 1. The zero-order valence-corrected chi connectivity index (χ0v) is 13.5. The van der Waals surface area contributed by atoms with Gasteiger partial charge < -0.3 is 16.0 Å². The molecule has 19 heavy (non-hydrogen) atoms. The molecule has 0 aliphatic carbocycles. The molecule has 0 radical (unpaired) electrons. The second kappa shape index (κ2) is 8.40. The van der Waals surface area contributed by atoms with Gasteiger partial charge in [-0.05, 0) is 44.9 Å². The smallest absolute Gasteiger partial charge is 0.107 e. The van der Waals surface area contributed by atoms with Crippen LogP contribution < -0.4 is 11.1 Å². The van der Waals surface area contributed by atoms with Crippen LogP contribution in [-0.4, -0.2) is 42.8 Å². The Kier molecular flexibility index (Phi) is 7.20. The second-order valence-electron chi connectivity index (χ2n) is 4.56. The number of hydrogen-bond donors (Lipinski definition) is 2. The van der Waals surface area contributed by atoms with Gasteiger partial charge >= 0.3 is 0 Å². The van der Waals surface area contributed by atoms with E-state index in [9.17, 15) is 0 Å². The van der Waals surface area contributed by atoms with Crippen LogP contribution in [0.2, 0.25) is 0 Å². The van der Waals surface area contributed by atoms with Crippen LogP contribution in [0, 0.1) is 0 Å². The number of nitrogens with one attached hydrogen (secondary N) is 1. The first kappa shape index (κ1) is 16.3. The molecule has 3 nitrogen and oxygen atoms in total. The summed E-state index contributed by atoms with van der Waals surface area (Å²) in [6.07, 6.45) is 1.09. The Morgan fingerprint density at radius 1 is 1.42 bits per heavy atom. The number of nitrogens with two attached hydrogens (primary N) is 1. The number of thiocarbonyl (C=S) groups is 1. The van der Waals surface area contributed by atoms with Crippen molar-refractivity contribution in [1.29, 1.82) is 0 Å². The zero-order chi connectivity index (χ0) is 14.3. The number of rotatable bonds is 8. The molecule has 0 saturated heterocycles. The number of hydrogen-bond acceptors (Lipinski definition) is 4. The molecule has 1 aromatic rings. The summed E-state index contributed by atoms with van der Waals surface area (Å²) >= 11 is 6.96. The van der Waals surface area contributed by atoms with E-state index in [4.69, 9.17) is 18.0 Å². The van der Waals surface area contributed by atoms with Gasteiger partial charge in [-0.1, -0.05) is 25.2 Å². The maximum absolute atomic E-state index is 5.87. The van der Waals surface area contributed by atoms with Gasteiger partial charge in [0.2, 0.25) is 0 Å². The minimum absolute atomic E-state index is 0.464. The van der Waals surface area contributed by atoms with Crippen molar-refractivity contribution in [2.75, 3.05) is 38.3 Å². The fourth-order valence-electron chi connectivity index (χ4n) is 1.83. The molecule has 0 atom stereocenters. The van der Waals surface area contributed by atoms with E-state index in [0.717, 1.165) is 41.4 Å². The van der Waals surface area contributed by atoms with Gasteiger partial charge in [-0.2, -0.15) is 0 Å². The van der Waals surface area contributed by atoms with Crippen molar-refractivity contribution < 1.29 is 0 Å². The molecule has 0 aromatic heterocycles. The van der Waals surface area contributed by atoms with Crippen molar-refractivity contribution in [2.45, 2.75) is 18.2 Å². The van der Waals surface area contributed by atoms with Gasteiger partial charge in [0.1, 0.15) is 4.99 Å². The number of thioether (sulfide) groups is 1. The molecule has 0 spiro atoms. The fourth-order valence-corrected chi connectivity index (χ4v) is 2.96. The Bertz CT molecular complexity index is 419. The normalized spacial score (nSPS) is 10.7. The van der Waals surface area contributed by atoms with E-state index >= 15 is 0 Å². The van der Waals surface area contributed by atoms with E-state index in [1.165, 1.54) is 0 Å². The average Bonchev–Trinajstić information content (AvgIpc) is 2.34. The van der Waals surface area contributed by atoms with E-state index in [1.54, 1.807) is 11.8 Å². The second-order valence-corrected chi connectivity index (χ2v) is 6.31. The Morgan fingerprint density at radius 2 is 2.16 bits per heavy atom. The van der Waals surface area contributed by atoms with Gasteiger partial charge in [0.15, 0.2) is 0 Å². The third kappa shape index (κ3) is 5.38. The Labute approximate surface area is 125 Å². The summed E-state index contributed by atoms with van der Waals surface area (Å²) in [5.41, 5.74) is 7.89. The van der Waals surface area contributed by atoms with Gasteiger partial charge in [-0.15, -0.1) is 11.8 Å². The van der Waals surface area contributed by atoms with Crippen molar-refractivity contribution in [3.05, 3.63) is 23.8 Å². The molecule has 0 amide bonds. The molecule has 0 bridgehead atoms. The average molecular weight is 297 g/mol. The van der Waals surface area contributed by atoms with Crippen molar-refractivity contribution in [1.82, 2.24) is 4.90 Å². The molecule has 0 heterocycles. The monoisotopic (exact) mass is 297 g/mol. The summed E-state index contributed by atoms with van der Waals surface area (Å²) in [6, 6.07) is 6.17. The molecule has 1 aromatic carbocycles. The first-order chi connectivity index (χ1) is 9.06. The van der Waals surface area contributed by atoms with Crippen LogP contribution in [0.25, 0.3) is 0 Å². The molecule has 0 saturated carbocycles. The van der Waals surface area contributed by atoms with Crippen LogP contribution in [0.1, 0.15) is 18.9 Å². The lowest BCUT2D eigenvalue weighted by Gasteiger charge is -2.15. The van der Waals surface area contributed by atoms with Crippen molar-refractivity contribution in [3.8, 4) is 0 Å². The van der Waals surface area contributed by atoms with Crippen LogP contribution in [0.4, 0.5) is 5.69 Å². The van der Waals surface area contributed by atoms with Crippen molar-refractivity contribution in [3.63, 3.8) is 0 Å². The summed E-state index contributed by atoms with van der Waals surface area (Å²) in [5, 5.41) is 3.44. The summed E-state index contributed by atoms with van der Waals surface area (Å²) in [7, 11) is 4.16. The molecule has 3 N–H and O–H groups in total. The van der Waals surface area contributed by atoms with Gasteiger partial charge in [-0.3, -0.25) is 0 Å². The lowest BCUT2D eigenvalue weighted by atomic mass is 10.1. The molecule has 106 valence electrons. The molecule has 0 unspecified atom stereocenters. The quantitative estimate of drug-likeness (QED) is 0.439. The van der Waals surface area contributed by atoms with Crippen LogP contribution in [0.3, 0.4) is 0 Å². The molecule has 0 aliphatic heterocycles. The van der Waals surface area contributed by atoms with Gasteiger partial charge in [-0.25, -0.2) is 0 Å². The summed E-state index contributed by atoms with van der Waals surface area (Å²) in [4.78, 5) is 3.80. The van der Waals surface area contributed by atoms with Crippen molar-refractivity contribution in [2.24, 2.45) is 5.73 Å². The minimum Gasteiger partial charge on any atom is -0.389 e. The highest BCUT2D eigenvalue weighted by Gasteiger charge is 2.10. The number of anilines is 1. The molecule has 0 fully saturated rings. The van der Waals surface area contributed by atoms with E-state index in [2.05, 4.69) is 37.3 Å². The zero-order valence-electron chi connectivity index (χ0n) is 11.9.